The number of carbonyl (C=O) groups excluding carboxylic acids is 2. The number of benzene rings is 1. The number of allylic oxidation sites excluding steroid dienone is 1. The molecule has 0 fully saturated rings. The molecule has 174 valence electrons. The molecule has 0 radical (unpaired) electrons. The first-order valence-electron chi connectivity index (χ1n) is 10.0. The van der Waals surface area contributed by atoms with Crippen molar-refractivity contribution in [2.45, 2.75) is 72.2 Å². The third-order valence-electron chi connectivity index (χ3n) is 4.16. The van der Waals surface area contributed by atoms with E-state index in [0.29, 0.717) is 5.56 Å². The Labute approximate surface area is 182 Å². The van der Waals surface area contributed by atoms with Crippen LogP contribution >= 0.6 is 0 Å². The molecule has 0 aromatic heterocycles. The van der Waals surface area contributed by atoms with Crippen LogP contribution in [-0.2, 0) is 20.4 Å². The molecule has 0 unspecified atom stereocenters. The van der Waals surface area contributed by atoms with Crippen molar-refractivity contribution in [3.8, 4) is 0 Å². The number of amides is 1. The van der Waals surface area contributed by atoms with Crippen molar-refractivity contribution >= 4 is 12.1 Å². The summed E-state index contributed by atoms with van der Waals surface area (Å²) in [5.41, 5.74) is -1.74. The Kier molecular flexibility index (Phi) is 8.73. The van der Waals surface area contributed by atoms with Crippen molar-refractivity contribution in [1.29, 1.82) is 0 Å². The van der Waals surface area contributed by atoms with Crippen LogP contribution in [0, 0.1) is 5.41 Å². The van der Waals surface area contributed by atoms with Gasteiger partial charge < -0.3 is 14.8 Å². The second-order valence-electron chi connectivity index (χ2n) is 9.27. The summed E-state index contributed by atoms with van der Waals surface area (Å²) in [6.07, 6.45) is -1.72. The van der Waals surface area contributed by atoms with Crippen LogP contribution in [0.1, 0.15) is 65.5 Å². The molecule has 1 aromatic rings. The smallest absolute Gasteiger partial charge is 0.416 e. The molecule has 1 rings (SSSR count). The molecule has 1 amide bonds. The number of esters is 1. The second-order valence-corrected chi connectivity index (χ2v) is 9.27. The molecule has 2 atom stereocenters. The van der Waals surface area contributed by atoms with Gasteiger partial charge in [-0.3, -0.25) is 4.79 Å². The van der Waals surface area contributed by atoms with Gasteiger partial charge in [0.2, 0.25) is 0 Å². The Morgan fingerprint density at radius 1 is 1.03 bits per heavy atom. The van der Waals surface area contributed by atoms with Gasteiger partial charge in [0.15, 0.2) is 0 Å². The number of ether oxygens (including phenoxy) is 2. The lowest BCUT2D eigenvalue weighted by atomic mass is 9.90. The molecule has 0 spiro atoms. The molecule has 1 N–H and O–H groups in total. The molecule has 0 saturated carbocycles. The summed E-state index contributed by atoms with van der Waals surface area (Å²) in [5.74, 6) is -1.01. The maximum atomic E-state index is 12.9. The fourth-order valence-electron chi connectivity index (χ4n) is 2.66. The number of alkyl carbamates (subject to hydrolysis) is 1. The van der Waals surface area contributed by atoms with Crippen LogP contribution in [0.5, 0.6) is 0 Å². The summed E-state index contributed by atoms with van der Waals surface area (Å²) < 4.78 is 49.5. The Bertz CT molecular complexity index is 772. The van der Waals surface area contributed by atoms with Gasteiger partial charge in [-0.25, -0.2) is 4.79 Å². The summed E-state index contributed by atoms with van der Waals surface area (Å²) in [5, 5.41) is 2.70. The van der Waals surface area contributed by atoms with E-state index in [-0.39, 0.29) is 6.61 Å². The summed E-state index contributed by atoms with van der Waals surface area (Å²) >= 11 is 0. The minimum atomic E-state index is -4.45. The Balaban J connectivity index is 3.22. The molecular weight excluding hydrogens is 411 g/mol. The Morgan fingerprint density at radius 3 is 2.00 bits per heavy atom. The summed E-state index contributed by atoms with van der Waals surface area (Å²) in [7, 11) is 0. The number of carbonyl (C=O) groups is 2. The van der Waals surface area contributed by atoms with Crippen LogP contribution < -0.4 is 5.32 Å². The van der Waals surface area contributed by atoms with Gasteiger partial charge in [-0.2, -0.15) is 13.2 Å². The molecule has 31 heavy (non-hydrogen) atoms. The van der Waals surface area contributed by atoms with Crippen molar-refractivity contribution in [3.63, 3.8) is 0 Å². The lowest BCUT2D eigenvalue weighted by Crippen LogP contribution is -2.45. The average Bonchev–Trinajstić information content (AvgIpc) is 2.60. The zero-order valence-electron chi connectivity index (χ0n) is 19.1. The lowest BCUT2D eigenvalue weighted by Gasteiger charge is -2.29. The standard InChI is InChI=1S/C23H32F3NO4/c1-8-9-17(15-10-12-16(13-11-15)23(24,25)26)18(14-30-19(28)21(2,3)4)27-20(29)31-22(5,6)7/h8-13,17-18H,14H2,1-7H3,(H,27,29)/b9-8+/t17-,18-/m1/s1. The summed E-state index contributed by atoms with van der Waals surface area (Å²) in [6, 6.07) is 3.91. The van der Waals surface area contributed by atoms with Crippen LogP contribution in [0.4, 0.5) is 18.0 Å². The number of hydrogen-bond donors (Lipinski definition) is 1. The molecular formula is C23H32F3NO4. The first kappa shape index (κ1) is 26.5. The van der Waals surface area contributed by atoms with E-state index >= 15 is 0 Å². The largest absolute Gasteiger partial charge is 0.463 e. The van der Waals surface area contributed by atoms with Crippen molar-refractivity contribution in [1.82, 2.24) is 5.32 Å². The van der Waals surface area contributed by atoms with E-state index in [0.717, 1.165) is 12.1 Å². The maximum Gasteiger partial charge on any atom is 0.416 e. The average molecular weight is 444 g/mol. The van der Waals surface area contributed by atoms with Crippen molar-refractivity contribution in [2.24, 2.45) is 5.41 Å². The van der Waals surface area contributed by atoms with Gasteiger partial charge in [0.05, 0.1) is 17.0 Å². The number of hydrogen-bond acceptors (Lipinski definition) is 4. The minimum absolute atomic E-state index is 0.175. The van der Waals surface area contributed by atoms with Gasteiger partial charge in [0.1, 0.15) is 12.2 Å². The topological polar surface area (TPSA) is 64.6 Å². The predicted molar refractivity (Wildman–Crippen MR) is 113 cm³/mol. The highest BCUT2D eigenvalue weighted by molar-refractivity contribution is 5.75. The lowest BCUT2D eigenvalue weighted by molar-refractivity contribution is -0.153. The van der Waals surface area contributed by atoms with E-state index in [4.69, 9.17) is 9.47 Å². The highest BCUT2D eigenvalue weighted by Crippen LogP contribution is 2.31. The van der Waals surface area contributed by atoms with E-state index in [1.807, 2.05) is 0 Å². The van der Waals surface area contributed by atoms with E-state index in [9.17, 15) is 22.8 Å². The molecule has 0 bridgehead atoms. The Morgan fingerprint density at radius 2 is 1.58 bits per heavy atom. The van der Waals surface area contributed by atoms with Gasteiger partial charge in [-0.05, 0) is 66.2 Å². The van der Waals surface area contributed by atoms with Crippen LogP contribution in [0.15, 0.2) is 36.4 Å². The van der Waals surface area contributed by atoms with Gasteiger partial charge in [0.25, 0.3) is 0 Å². The molecule has 1 aromatic carbocycles. The van der Waals surface area contributed by atoms with Gasteiger partial charge >= 0.3 is 18.2 Å². The summed E-state index contributed by atoms with van der Waals surface area (Å²) in [6.45, 7) is 11.8. The SMILES string of the molecule is C/C=C/[C@H](c1ccc(C(F)(F)F)cc1)[C@@H](COC(=O)C(C)(C)C)NC(=O)OC(C)(C)C. The fraction of sp³-hybridized carbons (Fsp3) is 0.565. The maximum absolute atomic E-state index is 12.9. The molecule has 0 aliphatic carbocycles. The van der Waals surface area contributed by atoms with Crippen LogP contribution in [0.3, 0.4) is 0 Å². The van der Waals surface area contributed by atoms with Crippen molar-refractivity contribution < 1.29 is 32.2 Å². The highest BCUT2D eigenvalue weighted by atomic mass is 19.4. The molecule has 0 heterocycles. The van der Waals surface area contributed by atoms with Crippen molar-refractivity contribution in [3.05, 3.63) is 47.5 Å². The molecule has 0 saturated heterocycles. The molecule has 5 nitrogen and oxygen atoms in total. The van der Waals surface area contributed by atoms with E-state index in [2.05, 4.69) is 5.32 Å². The van der Waals surface area contributed by atoms with Crippen molar-refractivity contribution in [2.75, 3.05) is 6.61 Å². The third kappa shape index (κ3) is 9.02. The number of halogens is 3. The van der Waals surface area contributed by atoms with Gasteiger partial charge in [-0.1, -0.05) is 24.3 Å². The van der Waals surface area contributed by atoms with Crippen LogP contribution in [0.2, 0.25) is 0 Å². The van der Waals surface area contributed by atoms with E-state index in [1.54, 1.807) is 60.6 Å². The monoisotopic (exact) mass is 443 g/mol. The molecule has 8 heteroatoms. The number of alkyl halides is 3. The number of rotatable bonds is 6. The van der Waals surface area contributed by atoms with Crippen LogP contribution in [-0.4, -0.2) is 30.3 Å². The minimum Gasteiger partial charge on any atom is -0.463 e. The third-order valence-corrected chi connectivity index (χ3v) is 4.16. The highest BCUT2D eigenvalue weighted by Gasteiger charge is 2.32. The zero-order valence-corrected chi connectivity index (χ0v) is 19.1. The normalized spacial score (nSPS) is 14.8. The first-order valence-corrected chi connectivity index (χ1v) is 10.0. The van der Waals surface area contributed by atoms with E-state index in [1.165, 1.54) is 12.1 Å². The Hall–Kier alpha value is -2.51. The second kappa shape index (κ2) is 10.2. The first-order chi connectivity index (χ1) is 14.0. The zero-order chi connectivity index (χ0) is 24.0. The van der Waals surface area contributed by atoms with E-state index < -0.39 is 46.8 Å². The quantitative estimate of drug-likeness (QED) is 0.443. The van der Waals surface area contributed by atoms with Gasteiger partial charge in [-0.15, -0.1) is 0 Å². The van der Waals surface area contributed by atoms with Crippen LogP contribution in [0.25, 0.3) is 0 Å². The van der Waals surface area contributed by atoms with Gasteiger partial charge in [0, 0.05) is 5.92 Å². The molecule has 0 aliphatic heterocycles. The predicted octanol–water partition coefficient (Wildman–Crippen LogP) is 5.85. The fourth-order valence-corrected chi connectivity index (χ4v) is 2.66. The number of nitrogens with one attached hydrogen (secondary N) is 1. The molecule has 0 aliphatic rings. The summed E-state index contributed by atoms with van der Waals surface area (Å²) in [4.78, 5) is 24.6.